The van der Waals surface area contributed by atoms with Crippen LogP contribution in [0.5, 0.6) is 0 Å². The molecule has 0 fully saturated rings. The van der Waals surface area contributed by atoms with Crippen molar-refractivity contribution in [1.29, 1.82) is 5.26 Å². The summed E-state index contributed by atoms with van der Waals surface area (Å²) in [4.78, 5) is 24.6. The van der Waals surface area contributed by atoms with Crippen molar-refractivity contribution in [2.75, 3.05) is 5.32 Å². The Labute approximate surface area is 299 Å². The lowest BCUT2D eigenvalue weighted by Gasteiger charge is -2.13. The molecule has 5 aromatic rings. The van der Waals surface area contributed by atoms with Crippen LogP contribution in [-0.2, 0) is 27.7 Å². The summed E-state index contributed by atoms with van der Waals surface area (Å²) in [5.74, 6) is -1.72. The molecule has 2 amide bonds. The van der Waals surface area contributed by atoms with E-state index in [0.717, 1.165) is 12.8 Å². The first-order valence-electron chi connectivity index (χ1n) is 15.8. The van der Waals surface area contributed by atoms with Gasteiger partial charge in [-0.15, -0.1) is 0 Å². The van der Waals surface area contributed by atoms with Gasteiger partial charge in [0.25, 0.3) is 15.9 Å². The second kappa shape index (κ2) is 15.7. The molecule has 2 N–H and O–H groups in total. The molecule has 0 saturated heterocycles. The Morgan fingerprint density at radius 1 is 0.960 bits per heavy atom. The number of nitrogens with zero attached hydrogens (tertiary/aromatic N) is 3. The number of sulfonamides is 1. The smallest absolute Gasteiger partial charge is 0.266 e. The van der Waals surface area contributed by atoms with Gasteiger partial charge < -0.3 is 5.32 Å². The summed E-state index contributed by atoms with van der Waals surface area (Å²) >= 11 is 12.6. The van der Waals surface area contributed by atoms with E-state index in [1.807, 2.05) is 6.92 Å². The van der Waals surface area contributed by atoms with E-state index in [-0.39, 0.29) is 56.6 Å². The van der Waals surface area contributed by atoms with Gasteiger partial charge in [-0.1, -0.05) is 85.9 Å². The van der Waals surface area contributed by atoms with Crippen molar-refractivity contribution in [2.24, 2.45) is 0 Å². The lowest BCUT2D eigenvalue weighted by atomic mass is 9.97. The Balaban J connectivity index is 1.50. The summed E-state index contributed by atoms with van der Waals surface area (Å²) in [6.07, 6.45) is 2.46. The molecule has 0 spiro atoms. The van der Waals surface area contributed by atoms with Crippen LogP contribution in [0.25, 0.3) is 16.8 Å². The number of halogens is 3. The van der Waals surface area contributed by atoms with E-state index in [1.165, 1.54) is 47.1 Å². The van der Waals surface area contributed by atoms with E-state index in [1.54, 1.807) is 49.4 Å². The van der Waals surface area contributed by atoms with Crippen molar-refractivity contribution in [3.05, 3.63) is 129 Å². The van der Waals surface area contributed by atoms with E-state index in [2.05, 4.69) is 16.1 Å². The highest BCUT2D eigenvalue weighted by molar-refractivity contribution is 7.90. The van der Waals surface area contributed by atoms with Gasteiger partial charge in [0.1, 0.15) is 17.6 Å². The van der Waals surface area contributed by atoms with Gasteiger partial charge in [0, 0.05) is 29.7 Å². The van der Waals surface area contributed by atoms with Crippen molar-refractivity contribution in [3.8, 4) is 22.9 Å². The highest BCUT2D eigenvalue weighted by Gasteiger charge is 2.25. The summed E-state index contributed by atoms with van der Waals surface area (Å²) in [5, 5.41) is 18.2. The van der Waals surface area contributed by atoms with Crippen molar-refractivity contribution < 1.29 is 22.4 Å². The Kier molecular flexibility index (Phi) is 11.4. The zero-order chi connectivity index (χ0) is 36.0. The zero-order valence-electron chi connectivity index (χ0n) is 27.1. The van der Waals surface area contributed by atoms with Crippen LogP contribution >= 0.6 is 23.2 Å². The zero-order valence-corrected chi connectivity index (χ0v) is 29.5. The SMILES string of the molecule is CCCCc1nn(-c2cc(NC(=O)CC)ccc2Cl)c(C#N)c1Cc1ccc(-c2ccccc2S(=O)(=O)NC(=O)c2ccccc2Cl)cc1F. The van der Waals surface area contributed by atoms with Crippen molar-refractivity contribution in [2.45, 2.75) is 50.8 Å². The first-order valence-corrected chi connectivity index (χ1v) is 18.0. The summed E-state index contributed by atoms with van der Waals surface area (Å²) < 4.78 is 46.2. The Hall–Kier alpha value is -5.02. The van der Waals surface area contributed by atoms with Crippen LogP contribution in [0.15, 0.2) is 89.8 Å². The van der Waals surface area contributed by atoms with Crippen molar-refractivity contribution in [3.63, 3.8) is 0 Å². The summed E-state index contributed by atoms with van der Waals surface area (Å²) in [6.45, 7) is 3.76. The van der Waals surface area contributed by atoms with Gasteiger partial charge in [-0.3, -0.25) is 9.59 Å². The van der Waals surface area contributed by atoms with Crippen LogP contribution in [0.4, 0.5) is 10.1 Å². The number of anilines is 1. The van der Waals surface area contributed by atoms with Gasteiger partial charge in [0.05, 0.1) is 31.9 Å². The highest BCUT2D eigenvalue weighted by Crippen LogP contribution is 2.32. The number of nitrogens with one attached hydrogen (secondary N) is 2. The van der Waals surface area contributed by atoms with Crippen LogP contribution in [0.2, 0.25) is 10.0 Å². The minimum atomic E-state index is -4.40. The molecule has 50 heavy (non-hydrogen) atoms. The minimum absolute atomic E-state index is 0.0118. The van der Waals surface area contributed by atoms with E-state index in [4.69, 9.17) is 28.3 Å². The van der Waals surface area contributed by atoms with E-state index < -0.39 is 21.7 Å². The van der Waals surface area contributed by atoms with Crippen molar-refractivity contribution >= 4 is 50.7 Å². The quantitative estimate of drug-likeness (QED) is 0.133. The molecule has 256 valence electrons. The monoisotopic (exact) mass is 731 g/mol. The van der Waals surface area contributed by atoms with Gasteiger partial charge in [-0.2, -0.15) is 10.4 Å². The number of hydrogen-bond acceptors (Lipinski definition) is 6. The summed E-state index contributed by atoms with van der Waals surface area (Å²) in [6, 6.07) is 23.5. The average Bonchev–Trinajstić information content (AvgIpc) is 3.45. The van der Waals surface area contributed by atoms with Gasteiger partial charge >= 0.3 is 0 Å². The minimum Gasteiger partial charge on any atom is -0.326 e. The fourth-order valence-electron chi connectivity index (χ4n) is 5.38. The topological polar surface area (TPSA) is 134 Å². The molecule has 0 unspecified atom stereocenters. The number of hydrogen-bond donors (Lipinski definition) is 2. The largest absolute Gasteiger partial charge is 0.326 e. The standard InChI is InChI=1S/C37H32Cl2FN5O4S/c1-3-5-13-32-28(34(22-41)45(43-32)33-21-25(17-18-30(33)39)42-36(46)4-2)19-24-16-15-23(20-31(24)40)26-10-7-9-14-35(26)50(48,49)44-37(47)27-11-6-8-12-29(27)38/h6-12,14-18,20-21H,3-5,13,19H2,1-2H3,(H,42,46)(H,44,47). The highest BCUT2D eigenvalue weighted by atomic mass is 35.5. The molecule has 13 heteroatoms. The molecule has 0 atom stereocenters. The Bertz CT molecular complexity index is 2250. The molecule has 0 bridgehead atoms. The van der Waals surface area contributed by atoms with E-state index >= 15 is 4.39 Å². The van der Waals surface area contributed by atoms with Crippen LogP contribution in [0.3, 0.4) is 0 Å². The molecule has 0 saturated carbocycles. The second-order valence-electron chi connectivity index (χ2n) is 11.4. The van der Waals surface area contributed by atoms with Gasteiger partial charge in [0.2, 0.25) is 5.91 Å². The molecule has 9 nitrogen and oxygen atoms in total. The number of carbonyl (C=O) groups is 2. The lowest BCUT2D eigenvalue weighted by molar-refractivity contribution is -0.115. The average molecular weight is 733 g/mol. The molecular formula is C37H32Cl2FN5O4S. The van der Waals surface area contributed by atoms with E-state index in [0.29, 0.717) is 34.1 Å². The Morgan fingerprint density at radius 2 is 1.70 bits per heavy atom. The van der Waals surface area contributed by atoms with Crippen LogP contribution in [-0.4, -0.2) is 30.0 Å². The summed E-state index contributed by atoms with van der Waals surface area (Å²) in [7, 11) is -4.40. The first-order chi connectivity index (χ1) is 24.0. The lowest BCUT2D eigenvalue weighted by Crippen LogP contribution is -2.31. The molecule has 0 aliphatic carbocycles. The van der Waals surface area contributed by atoms with Crippen LogP contribution in [0, 0.1) is 17.1 Å². The predicted molar refractivity (Wildman–Crippen MR) is 192 cm³/mol. The van der Waals surface area contributed by atoms with Gasteiger partial charge in [-0.25, -0.2) is 22.2 Å². The van der Waals surface area contributed by atoms with Gasteiger partial charge in [-0.05, 0) is 66.4 Å². The molecular weight excluding hydrogens is 700 g/mol. The van der Waals surface area contributed by atoms with Gasteiger partial charge in [0.15, 0.2) is 0 Å². The predicted octanol–water partition coefficient (Wildman–Crippen LogP) is 8.26. The number of aromatic nitrogens is 2. The number of unbranched alkanes of at least 4 members (excludes halogenated alkanes) is 1. The fourth-order valence-corrected chi connectivity index (χ4v) is 7.00. The maximum absolute atomic E-state index is 15.9. The number of amides is 2. The Morgan fingerprint density at radius 3 is 2.40 bits per heavy atom. The van der Waals surface area contributed by atoms with Crippen LogP contribution < -0.4 is 10.0 Å². The van der Waals surface area contributed by atoms with E-state index in [9.17, 15) is 23.3 Å². The number of nitriles is 1. The maximum Gasteiger partial charge on any atom is 0.266 e. The third-order valence-corrected chi connectivity index (χ3v) is 10.0. The second-order valence-corrected chi connectivity index (χ2v) is 13.8. The molecule has 1 heterocycles. The fraction of sp³-hybridized carbons (Fsp3) is 0.189. The number of carbonyl (C=O) groups excluding carboxylic acids is 2. The number of rotatable bonds is 12. The molecule has 5 rings (SSSR count). The number of benzene rings is 4. The van der Waals surface area contributed by atoms with Crippen LogP contribution in [0.1, 0.15) is 66.0 Å². The molecule has 4 aromatic carbocycles. The molecule has 0 aliphatic rings. The normalized spacial score (nSPS) is 11.2. The van der Waals surface area contributed by atoms with Crippen molar-refractivity contribution in [1.82, 2.24) is 14.5 Å². The maximum atomic E-state index is 15.9. The number of aryl methyl sites for hydroxylation is 1. The first kappa shape index (κ1) is 36.3. The molecule has 0 radical (unpaired) electrons. The third kappa shape index (κ3) is 7.89. The summed E-state index contributed by atoms with van der Waals surface area (Å²) in [5.41, 5.74) is 2.86. The third-order valence-electron chi connectivity index (χ3n) is 7.97. The molecule has 1 aromatic heterocycles. The molecule has 0 aliphatic heterocycles.